The van der Waals surface area contributed by atoms with Gasteiger partial charge in [-0.2, -0.15) is 0 Å². The molecule has 1 N–H and O–H groups in total. The van der Waals surface area contributed by atoms with Gasteiger partial charge in [-0.05, 0) is 69.2 Å². The maximum absolute atomic E-state index is 13.1. The van der Waals surface area contributed by atoms with Gasteiger partial charge in [0.25, 0.3) is 11.8 Å². The predicted molar refractivity (Wildman–Crippen MR) is 114 cm³/mol. The van der Waals surface area contributed by atoms with Gasteiger partial charge in [0.1, 0.15) is 17.1 Å². The largest absolute Gasteiger partial charge is 0.497 e. The fraction of sp³-hybridized carbons (Fsp3) is 0.261. The number of rotatable bonds is 5. The molecular weight excluding hydrogens is 384 g/mol. The molecule has 1 heterocycles. The number of nitrogens with one attached hydrogen (secondary N) is 1. The van der Waals surface area contributed by atoms with Gasteiger partial charge >= 0.3 is 6.03 Å². The molecule has 30 heavy (non-hydrogen) atoms. The van der Waals surface area contributed by atoms with E-state index in [-0.39, 0.29) is 11.7 Å². The van der Waals surface area contributed by atoms with Crippen LogP contribution in [0.25, 0.3) is 6.08 Å². The van der Waals surface area contributed by atoms with E-state index in [2.05, 4.69) is 5.32 Å². The maximum atomic E-state index is 13.1. The lowest BCUT2D eigenvalue weighted by Gasteiger charge is -2.27. The number of barbiturate groups is 1. The highest BCUT2D eigenvalue weighted by Crippen LogP contribution is 2.30. The number of ether oxygens (including phenoxy) is 2. The number of nitrogens with zero attached hydrogens (tertiary/aromatic N) is 1. The van der Waals surface area contributed by atoms with Crippen molar-refractivity contribution in [3.63, 3.8) is 0 Å². The summed E-state index contributed by atoms with van der Waals surface area (Å²) in [6.45, 7) is 7.57. The zero-order valence-corrected chi connectivity index (χ0v) is 17.6. The highest BCUT2D eigenvalue weighted by atomic mass is 16.5. The monoisotopic (exact) mass is 408 g/mol. The van der Waals surface area contributed by atoms with Crippen molar-refractivity contribution < 1.29 is 23.9 Å². The smallest absolute Gasteiger partial charge is 0.335 e. The Bertz CT molecular complexity index is 1060. The summed E-state index contributed by atoms with van der Waals surface area (Å²) in [7, 11) is 1.54. The number of benzene rings is 2. The molecule has 0 atom stereocenters. The molecule has 0 bridgehead atoms. The first kappa shape index (κ1) is 21.1. The lowest BCUT2D eigenvalue weighted by atomic mass is 10.0. The molecule has 156 valence electrons. The third kappa shape index (κ3) is 4.20. The van der Waals surface area contributed by atoms with Crippen LogP contribution in [0.3, 0.4) is 0 Å². The van der Waals surface area contributed by atoms with Crippen LogP contribution in [-0.4, -0.2) is 31.1 Å². The zero-order valence-electron chi connectivity index (χ0n) is 17.6. The summed E-state index contributed by atoms with van der Waals surface area (Å²) in [5, 5.41) is 2.24. The normalized spacial score (nSPS) is 15.6. The summed E-state index contributed by atoms with van der Waals surface area (Å²) in [5.41, 5.74) is 2.72. The Kier molecular flexibility index (Phi) is 5.91. The Morgan fingerprint density at radius 2 is 1.73 bits per heavy atom. The van der Waals surface area contributed by atoms with E-state index in [4.69, 9.17) is 9.47 Å². The van der Waals surface area contributed by atoms with Crippen molar-refractivity contribution in [3.05, 3.63) is 58.7 Å². The van der Waals surface area contributed by atoms with E-state index in [1.165, 1.54) is 13.2 Å². The molecule has 1 saturated heterocycles. The average Bonchev–Trinajstić information content (AvgIpc) is 2.68. The third-order valence-corrected chi connectivity index (χ3v) is 4.73. The SMILES string of the molecule is COc1ccc(/C=C2\C(=O)NC(=O)N(c3ccc(C)c(C)c3)C2=O)c(OC(C)C)c1. The zero-order chi connectivity index (χ0) is 22.0. The Morgan fingerprint density at radius 3 is 2.37 bits per heavy atom. The summed E-state index contributed by atoms with van der Waals surface area (Å²) in [6.07, 6.45) is 1.30. The second-order valence-electron chi connectivity index (χ2n) is 7.30. The number of anilines is 1. The van der Waals surface area contributed by atoms with Crippen molar-refractivity contribution in [2.24, 2.45) is 0 Å². The molecule has 0 radical (unpaired) electrons. The molecule has 0 saturated carbocycles. The number of urea groups is 1. The van der Waals surface area contributed by atoms with Crippen molar-refractivity contribution in [1.82, 2.24) is 5.32 Å². The Hall–Kier alpha value is -3.61. The molecule has 3 rings (SSSR count). The number of carbonyl (C=O) groups is 3. The molecule has 0 spiro atoms. The van der Waals surface area contributed by atoms with Crippen LogP contribution in [-0.2, 0) is 9.59 Å². The lowest BCUT2D eigenvalue weighted by Crippen LogP contribution is -2.54. The van der Waals surface area contributed by atoms with Gasteiger partial charge in [0.05, 0.1) is 18.9 Å². The van der Waals surface area contributed by atoms with E-state index >= 15 is 0 Å². The quantitative estimate of drug-likeness (QED) is 0.601. The minimum atomic E-state index is -0.779. The number of imide groups is 2. The summed E-state index contributed by atoms with van der Waals surface area (Å²) >= 11 is 0. The van der Waals surface area contributed by atoms with Crippen LogP contribution in [0.1, 0.15) is 30.5 Å². The van der Waals surface area contributed by atoms with Crippen LogP contribution in [0.2, 0.25) is 0 Å². The van der Waals surface area contributed by atoms with Gasteiger partial charge in [-0.25, -0.2) is 9.69 Å². The number of amides is 4. The molecule has 0 aliphatic carbocycles. The van der Waals surface area contributed by atoms with Crippen LogP contribution >= 0.6 is 0 Å². The molecule has 1 aliphatic heterocycles. The van der Waals surface area contributed by atoms with Crippen molar-refractivity contribution in [2.75, 3.05) is 12.0 Å². The summed E-state index contributed by atoms with van der Waals surface area (Å²) in [5.74, 6) is -0.402. The predicted octanol–water partition coefficient (Wildman–Crippen LogP) is 3.77. The highest BCUT2D eigenvalue weighted by Gasteiger charge is 2.37. The van der Waals surface area contributed by atoms with Crippen molar-refractivity contribution in [2.45, 2.75) is 33.8 Å². The minimum Gasteiger partial charge on any atom is -0.497 e. The van der Waals surface area contributed by atoms with E-state index < -0.39 is 17.8 Å². The maximum Gasteiger partial charge on any atom is 0.335 e. The third-order valence-electron chi connectivity index (χ3n) is 4.73. The summed E-state index contributed by atoms with van der Waals surface area (Å²) in [4.78, 5) is 39.0. The van der Waals surface area contributed by atoms with Crippen LogP contribution in [0.15, 0.2) is 42.0 Å². The van der Waals surface area contributed by atoms with Gasteiger partial charge in [-0.15, -0.1) is 0 Å². The van der Waals surface area contributed by atoms with Crippen LogP contribution in [0.4, 0.5) is 10.5 Å². The van der Waals surface area contributed by atoms with Crippen LogP contribution < -0.4 is 19.7 Å². The van der Waals surface area contributed by atoms with Gasteiger partial charge in [0.15, 0.2) is 0 Å². The van der Waals surface area contributed by atoms with E-state index in [1.54, 1.807) is 30.3 Å². The first-order valence-electron chi connectivity index (χ1n) is 9.54. The number of hydrogen-bond acceptors (Lipinski definition) is 5. The van der Waals surface area contributed by atoms with Crippen molar-refractivity contribution in [3.8, 4) is 11.5 Å². The van der Waals surface area contributed by atoms with Gasteiger partial charge < -0.3 is 9.47 Å². The Labute approximate surface area is 175 Å². The number of aryl methyl sites for hydroxylation is 2. The molecule has 0 aromatic heterocycles. The fourth-order valence-corrected chi connectivity index (χ4v) is 3.03. The number of carbonyl (C=O) groups excluding carboxylic acids is 3. The molecule has 7 nitrogen and oxygen atoms in total. The first-order valence-corrected chi connectivity index (χ1v) is 9.54. The van der Waals surface area contributed by atoms with Crippen molar-refractivity contribution >= 4 is 29.6 Å². The van der Waals surface area contributed by atoms with Crippen molar-refractivity contribution in [1.29, 1.82) is 0 Å². The molecule has 1 aliphatic rings. The summed E-state index contributed by atoms with van der Waals surface area (Å²) in [6, 6.07) is 9.54. The van der Waals surface area contributed by atoms with E-state index in [9.17, 15) is 14.4 Å². The molecule has 7 heteroatoms. The molecule has 4 amide bonds. The highest BCUT2D eigenvalue weighted by molar-refractivity contribution is 6.39. The standard InChI is InChI=1S/C23H24N2O5/c1-13(2)30-20-12-18(29-5)9-7-16(20)11-19-21(26)24-23(28)25(22(19)27)17-8-6-14(3)15(4)10-17/h6-13H,1-5H3,(H,24,26,28)/b19-11+. The topological polar surface area (TPSA) is 84.9 Å². The first-order chi connectivity index (χ1) is 14.2. The van der Waals surface area contributed by atoms with Gasteiger partial charge in [0, 0.05) is 11.6 Å². The van der Waals surface area contributed by atoms with Gasteiger partial charge in [-0.1, -0.05) is 6.07 Å². The average molecular weight is 408 g/mol. The second-order valence-corrected chi connectivity index (χ2v) is 7.30. The van der Waals surface area contributed by atoms with Gasteiger partial charge in [0.2, 0.25) is 0 Å². The Morgan fingerprint density at radius 1 is 1.00 bits per heavy atom. The number of methoxy groups -OCH3 is 1. The van der Waals surface area contributed by atoms with Crippen LogP contribution in [0, 0.1) is 13.8 Å². The second kappa shape index (κ2) is 8.41. The molecule has 2 aromatic carbocycles. The fourth-order valence-electron chi connectivity index (χ4n) is 3.03. The molecule has 0 unspecified atom stereocenters. The van der Waals surface area contributed by atoms with E-state index in [0.717, 1.165) is 16.0 Å². The Balaban J connectivity index is 2.05. The van der Waals surface area contributed by atoms with Gasteiger partial charge in [-0.3, -0.25) is 14.9 Å². The minimum absolute atomic E-state index is 0.126. The van der Waals surface area contributed by atoms with E-state index in [0.29, 0.717) is 22.7 Å². The molecule has 1 fully saturated rings. The number of hydrogen-bond donors (Lipinski definition) is 1. The van der Waals surface area contributed by atoms with Crippen LogP contribution in [0.5, 0.6) is 11.5 Å². The summed E-state index contributed by atoms with van der Waals surface area (Å²) < 4.78 is 11.0. The molecule has 2 aromatic rings. The lowest BCUT2D eigenvalue weighted by molar-refractivity contribution is -0.122. The molecular formula is C23H24N2O5. The van der Waals surface area contributed by atoms with E-state index in [1.807, 2.05) is 33.8 Å².